The Morgan fingerprint density at radius 2 is 1.82 bits per heavy atom. The van der Waals surface area contributed by atoms with Crippen molar-refractivity contribution in [3.8, 4) is 11.1 Å². The highest BCUT2D eigenvalue weighted by molar-refractivity contribution is 5.96. The molecule has 86 valence electrons. The molecule has 0 aliphatic carbocycles. The van der Waals surface area contributed by atoms with E-state index in [2.05, 4.69) is 22.9 Å². The van der Waals surface area contributed by atoms with Gasteiger partial charge in [-0.15, -0.1) is 0 Å². The summed E-state index contributed by atoms with van der Waals surface area (Å²) in [5, 5.41) is 0. The molecule has 0 saturated carbocycles. The molecule has 0 amide bonds. The van der Waals surface area contributed by atoms with Crippen LogP contribution in [0.25, 0.3) is 11.1 Å². The third-order valence-corrected chi connectivity index (χ3v) is 3.34. The molecule has 3 rings (SSSR count). The number of hydrogen-bond acceptors (Lipinski definition) is 1. The Labute approximate surface area is 101 Å². The maximum Gasteiger partial charge on any atom is 0.179 e. The van der Waals surface area contributed by atoms with Gasteiger partial charge in [0.1, 0.15) is 0 Å². The van der Waals surface area contributed by atoms with Crippen molar-refractivity contribution in [2.45, 2.75) is 25.8 Å². The lowest BCUT2D eigenvalue weighted by atomic mass is 10.1. The van der Waals surface area contributed by atoms with E-state index < -0.39 is 0 Å². The molecule has 0 fully saturated rings. The summed E-state index contributed by atoms with van der Waals surface area (Å²) in [4.78, 5) is 11.9. The Kier molecular flexibility index (Phi) is 2.56. The molecule has 17 heavy (non-hydrogen) atoms. The van der Waals surface area contributed by atoms with Crippen molar-refractivity contribution >= 4 is 5.78 Å². The summed E-state index contributed by atoms with van der Waals surface area (Å²) in [6.07, 6.45) is 4.91. The van der Waals surface area contributed by atoms with Crippen molar-refractivity contribution in [1.82, 2.24) is 4.57 Å². The van der Waals surface area contributed by atoms with E-state index in [0.29, 0.717) is 6.42 Å². The van der Waals surface area contributed by atoms with Crippen molar-refractivity contribution in [1.29, 1.82) is 0 Å². The van der Waals surface area contributed by atoms with Crippen LogP contribution < -0.4 is 0 Å². The molecule has 1 aliphatic heterocycles. The number of fused-ring (bicyclic) bond motifs is 1. The van der Waals surface area contributed by atoms with Gasteiger partial charge in [0, 0.05) is 24.7 Å². The molecular formula is C15H15NO. The Hall–Kier alpha value is -1.83. The largest absolute Gasteiger partial charge is 0.344 e. The molecule has 0 N–H and O–H groups in total. The zero-order chi connectivity index (χ0) is 11.7. The zero-order valence-electron chi connectivity index (χ0n) is 9.73. The monoisotopic (exact) mass is 225 g/mol. The highest BCUT2D eigenvalue weighted by atomic mass is 16.1. The van der Waals surface area contributed by atoms with Crippen LogP contribution in [0.1, 0.15) is 29.8 Å². The van der Waals surface area contributed by atoms with Crippen molar-refractivity contribution in [3.05, 3.63) is 48.3 Å². The van der Waals surface area contributed by atoms with Gasteiger partial charge in [0.05, 0.1) is 5.69 Å². The minimum absolute atomic E-state index is 0.282. The molecule has 0 radical (unpaired) electrons. The van der Waals surface area contributed by atoms with Gasteiger partial charge in [0.15, 0.2) is 5.78 Å². The molecule has 1 aromatic heterocycles. The number of ketones is 1. The van der Waals surface area contributed by atoms with Gasteiger partial charge in [0.25, 0.3) is 0 Å². The van der Waals surface area contributed by atoms with Crippen LogP contribution in [-0.4, -0.2) is 10.4 Å². The smallest absolute Gasteiger partial charge is 0.179 e. The van der Waals surface area contributed by atoms with Gasteiger partial charge in [0.2, 0.25) is 0 Å². The number of aromatic nitrogens is 1. The van der Waals surface area contributed by atoms with Gasteiger partial charge in [-0.3, -0.25) is 4.79 Å². The third-order valence-electron chi connectivity index (χ3n) is 3.34. The summed E-state index contributed by atoms with van der Waals surface area (Å²) in [6, 6.07) is 12.3. The summed E-state index contributed by atoms with van der Waals surface area (Å²) >= 11 is 0. The molecule has 0 atom stereocenters. The van der Waals surface area contributed by atoms with Gasteiger partial charge >= 0.3 is 0 Å². The van der Waals surface area contributed by atoms with Crippen LogP contribution in [-0.2, 0) is 6.54 Å². The third kappa shape index (κ3) is 1.91. The van der Waals surface area contributed by atoms with Gasteiger partial charge in [-0.05, 0) is 24.5 Å². The predicted octanol–water partition coefficient (Wildman–Crippen LogP) is 3.52. The fraction of sp³-hybridized carbons (Fsp3) is 0.267. The summed E-state index contributed by atoms with van der Waals surface area (Å²) in [6.45, 7) is 0.966. The van der Waals surface area contributed by atoms with Crippen molar-refractivity contribution in [3.63, 3.8) is 0 Å². The zero-order valence-corrected chi connectivity index (χ0v) is 9.73. The number of hydrogen-bond donors (Lipinski definition) is 0. The summed E-state index contributed by atoms with van der Waals surface area (Å²) in [5.41, 5.74) is 3.21. The fourth-order valence-electron chi connectivity index (χ4n) is 2.41. The molecule has 0 bridgehead atoms. The second kappa shape index (κ2) is 4.21. The first-order chi connectivity index (χ1) is 8.34. The van der Waals surface area contributed by atoms with E-state index in [-0.39, 0.29) is 5.78 Å². The van der Waals surface area contributed by atoms with Crippen LogP contribution in [0.3, 0.4) is 0 Å². The van der Waals surface area contributed by atoms with Gasteiger partial charge in [-0.25, -0.2) is 0 Å². The van der Waals surface area contributed by atoms with E-state index >= 15 is 0 Å². The number of carbonyl (C=O) groups excluding carboxylic acids is 1. The summed E-state index contributed by atoms with van der Waals surface area (Å²) in [7, 11) is 0. The molecule has 2 heterocycles. The lowest BCUT2D eigenvalue weighted by molar-refractivity contribution is 0.0977. The first-order valence-electron chi connectivity index (χ1n) is 6.13. The average Bonchev–Trinajstić information content (AvgIpc) is 2.72. The minimum Gasteiger partial charge on any atom is -0.344 e. The van der Waals surface area contributed by atoms with E-state index in [1.54, 1.807) is 0 Å². The summed E-state index contributed by atoms with van der Waals surface area (Å²) < 4.78 is 2.11. The van der Waals surface area contributed by atoms with Crippen molar-refractivity contribution < 1.29 is 4.79 Å². The number of Topliss-reactive ketones (excluding diaryl/α,β-unsaturated/α-hetero) is 1. The van der Waals surface area contributed by atoms with Gasteiger partial charge in [-0.2, -0.15) is 0 Å². The molecule has 2 heteroatoms. The van der Waals surface area contributed by atoms with E-state index in [4.69, 9.17) is 0 Å². The van der Waals surface area contributed by atoms with Crippen LogP contribution in [0.2, 0.25) is 0 Å². The van der Waals surface area contributed by atoms with Crippen LogP contribution in [0.5, 0.6) is 0 Å². The van der Waals surface area contributed by atoms with E-state index in [9.17, 15) is 4.79 Å². The Balaban J connectivity index is 2.05. The first-order valence-corrected chi connectivity index (χ1v) is 6.13. The molecule has 0 unspecified atom stereocenters. The van der Waals surface area contributed by atoms with Crippen molar-refractivity contribution in [2.24, 2.45) is 0 Å². The summed E-state index contributed by atoms with van der Waals surface area (Å²) in [5.74, 6) is 0.282. The highest BCUT2D eigenvalue weighted by Crippen LogP contribution is 2.25. The van der Waals surface area contributed by atoms with Crippen LogP contribution in [0, 0.1) is 0 Å². The lowest BCUT2D eigenvalue weighted by Crippen LogP contribution is -2.03. The Bertz CT molecular complexity index is 539. The van der Waals surface area contributed by atoms with E-state index in [1.807, 2.05) is 24.3 Å². The van der Waals surface area contributed by atoms with Gasteiger partial charge in [-0.1, -0.05) is 30.3 Å². The molecule has 0 spiro atoms. The molecule has 2 aromatic rings. The molecule has 1 aliphatic rings. The maximum atomic E-state index is 11.9. The predicted molar refractivity (Wildman–Crippen MR) is 68.0 cm³/mol. The Morgan fingerprint density at radius 3 is 2.65 bits per heavy atom. The number of nitrogens with zero attached hydrogens (tertiary/aromatic N) is 1. The molecule has 1 aromatic carbocycles. The SMILES string of the molecule is O=C1CCCCn2cc(-c3ccccc3)cc21. The number of rotatable bonds is 1. The number of aryl methyl sites for hydroxylation is 1. The fourth-order valence-corrected chi connectivity index (χ4v) is 2.41. The normalized spacial score (nSPS) is 15.4. The average molecular weight is 225 g/mol. The molecule has 0 saturated heterocycles. The second-order valence-electron chi connectivity index (χ2n) is 4.55. The quantitative estimate of drug-likeness (QED) is 0.727. The van der Waals surface area contributed by atoms with Crippen LogP contribution in [0.15, 0.2) is 42.6 Å². The Morgan fingerprint density at radius 1 is 1.00 bits per heavy atom. The second-order valence-corrected chi connectivity index (χ2v) is 4.55. The lowest BCUT2D eigenvalue weighted by Gasteiger charge is -2.00. The number of carbonyl (C=O) groups is 1. The molecular weight excluding hydrogens is 210 g/mol. The van der Waals surface area contributed by atoms with E-state index in [1.165, 1.54) is 5.56 Å². The standard InChI is InChI=1S/C15H15NO/c17-15-8-4-5-9-16-11-13(10-14(15)16)12-6-2-1-3-7-12/h1-3,6-7,10-11H,4-5,8-9H2. The maximum absolute atomic E-state index is 11.9. The van der Waals surface area contributed by atoms with Gasteiger partial charge < -0.3 is 4.57 Å². The minimum atomic E-state index is 0.282. The van der Waals surface area contributed by atoms with Crippen LogP contribution >= 0.6 is 0 Å². The molecule has 2 nitrogen and oxygen atoms in total. The first kappa shape index (κ1) is 10.3. The van der Waals surface area contributed by atoms with Crippen molar-refractivity contribution in [2.75, 3.05) is 0 Å². The van der Waals surface area contributed by atoms with Crippen LogP contribution in [0.4, 0.5) is 0 Å². The van der Waals surface area contributed by atoms with E-state index in [0.717, 1.165) is 30.6 Å². The number of benzene rings is 1. The topological polar surface area (TPSA) is 22.0 Å². The highest BCUT2D eigenvalue weighted by Gasteiger charge is 2.16.